The number of benzene rings is 1. The zero-order valence-electron chi connectivity index (χ0n) is 11.0. The molecule has 0 N–H and O–H groups in total. The number of hydrogen-bond acceptors (Lipinski definition) is 4. The fourth-order valence-corrected chi connectivity index (χ4v) is 3.17. The first-order valence-corrected chi connectivity index (χ1v) is 5.98. The van der Waals surface area contributed by atoms with E-state index in [1.165, 1.54) is 38.1 Å². The Bertz CT molecular complexity index is 651. The molecule has 0 radical (unpaired) electrons. The van der Waals surface area contributed by atoms with E-state index in [-0.39, 0.29) is 0 Å². The second-order valence-corrected chi connectivity index (χ2v) is 4.94. The third kappa shape index (κ3) is 1.38. The molecule has 2 rings (SSSR count). The van der Waals surface area contributed by atoms with Crippen LogP contribution in [0.5, 0.6) is 0 Å². The highest BCUT2D eigenvalue weighted by molar-refractivity contribution is 6.13. The number of Topliss-reactive ketones (excluding diaryl/α,β-unsaturated/α-hetero) is 2. The van der Waals surface area contributed by atoms with Gasteiger partial charge < -0.3 is 0 Å². The minimum atomic E-state index is -1.71. The van der Waals surface area contributed by atoms with Crippen LogP contribution in [0.25, 0.3) is 0 Å². The van der Waals surface area contributed by atoms with Gasteiger partial charge in [0, 0.05) is 5.92 Å². The van der Waals surface area contributed by atoms with Gasteiger partial charge in [-0.25, -0.2) is 4.39 Å². The molecule has 1 saturated carbocycles. The summed E-state index contributed by atoms with van der Waals surface area (Å²) >= 11 is 0. The van der Waals surface area contributed by atoms with E-state index in [1.807, 2.05) is 12.1 Å². The number of rotatable bonds is 3. The minimum absolute atomic E-state index is 0.444. The van der Waals surface area contributed by atoms with E-state index in [4.69, 9.17) is 0 Å². The average Bonchev–Trinajstić information content (AvgIpc) is 3.05. The van der Waals surface area contributed by atoms with Crippen LogP contribution in [0.15, 0.2) is 24.3 Å². The number of carbonyl (C=O) groups excluding carboxylic acids is 2. The Morgan fingerprint density at radius 2 is 1.55 bits per heavy atom. The van der Waals surface area contributed by atoms with Gasteiger partial charge in [-0.2, -0.15) is 10.5 Å². The first-order chi connectivity index (χ1) is 9.38. The van der Waals surface area contributed by atoms with E-state index in [0.29, 0.717) is 5.56 Å². The Morgan fingerprint density at radius 1 is 1.10 bits per heavy atom. The van der Waals surface area contributed by atoms with Gasteiger partial charge in [0.25, 0.3) is 0 Å². The van der Waals surface area contributed by atoms with Gasteiger partial charge in [-0.3, -0.25) is 9.59 Å². The smallest absolute Gasteiger partial charge is 0.172 e. The summed E-state index contributed by atoms with van der Waals surface area (Å²) in [5, 5.41) is 18.7. The fourth-order valence-electron chi connectivity index (χ4n) is 3.17. The van der Waals surface area contributed by atoms with E-state index in [0.717, 1.165) is 0 Å². The Balaban J connectivity index is 2.67. The summed E-state index contributed by atoms with van der Waals surface area (Å²) in [4.78, 5) is 23.9. The molecule has 0 aromatic heterocycles. The number of halogens is 1. The molecule has 0 amide bonds. The zero-order chi connectivity index (χ0) is 15.1. The van der Waals surface area contributed by atoms with E-state index in [2.05, 4.69) is 0 Å². The van der Waals surface area contributed by atoms with Crippen LogP contribution in [0.4, 0.5) is 4.39 Å². The lowest BCUT2D eigenvalue weighted by Gasteiger charge is -2.09. The molecular weight excluding hydrogens is 259 g/mol. The van der Waals surface area contributed by atoms with Gasteiger partial charge >= 0.3 is 0 Å². The lowest BCUT2D eigenvalue weighted by atomic mass is 9.87. The Morgan fingerprint density at radius 3 is 1.85 bits per heavy atom. The zero-order valence-corrected chi connectivity index (χ0v) is 11.0. The molecule has 4 nitrogen and oxygen atoms in total. The SMILES string of the molecule is CC(=O)C1(C(C)=O)[C@@H](c2ccc(F)cc2)C1(C#N)C#N. The third-order valence-corrected chi connectivity index (χ3v) is 4.07. The third-order valence-electron chi connectivity index (χ3n) is 4.07. The minimum Gasteiger partial charge on any atom is -0.299 e. The molecule has 1 aromatic rings. The molecule has 0 unspecified atom stereocenters. The van der Waals surface area contributed by atoms with Gasteiger partial charge in [-0.1, -0.05) is 12.1 Å². The highest BCUT2D eigenvalue weighted by atomic mass is 19.1. The quantitative estimate of drug-likeness (QED) is 0.788. The lowest BCUT2D eigenvalue weighted by Crippen LogP contribution is -2.28. The van der Waals surface area contributed by atoms with E-state index in [9.17, 15) is 24.5 Å². The summed E-state index contributed by atoms with van der Waals surface area (Å²) in [5.41, 5.74) is -2.91. The molecule has 1 aliphatic rings. The second-order valence-electron chi connectivity index (χ2n) is 4.94. The van der Waals surface area contributed by atoms with Gasteiger partial charge in [-0.15, -0.1) is 0 Å². The van der Waals surface area contributed by atoms with Crippen molar-refractivity contribution in [3.63, 3.8) is 0 Å². The van der Waals surface area contributed by atoms with Crippen molar-refractivity contribution in [2.45, 2.75) is 19.8 Å². The van der Waals surface area contributed by atoms with Crippen molar-refractivity contribution in [3.05, 3.63) is 35.6 Å². The average molecular weight is 270 g/mol. The van der Waals surface area contributed by atoms with Crippen molar-refractivity contribution in [2.24, 2.45) is 10.8 Å². The van der Waals surface area contributed by atoms with Crippen LogP contribution in [-0.4, -0.2) is 11.6 Å². The molecule has 1 aromatic carbocycles. The van der Waals surface area contributed by atoms with Crippen molar-refractivity contribution in [1.29, 1.82) is 10.5 Å². The molecule has 0 spiro atoms. The summed E-state index contributed by atoms with van der Waals surface area (Å²) in [7, 11) is 0. The van der Waals surface area contributed by atoms with E-state index < -0.39 is 34.1 Å². The van der Waals surface area contributed by atoms with Gasteiger partial charge in [0.15, 0.2) is 5.41 Å². The maximum absolute atomic E-state index is 13.0. The number of ketones is 2. The van der Waals surface area contributed by atoms with Crippen LogP contribution >= 0.6 is 0 Å². The molecule has 100 valence electrons. The fraction of sp³-hybridized carbons (Fsp3) is 0.333. The van der Waals surface area contributed by atoms with Crippen molar-refractivity contribution in [3.8, 4) is 12.1 Å². The normalized spacial score (nSPS) is 21.4. The standard InChI is InChI=1S/C15H11FN2O2/c1-9(19)15(10(2)20)13(14(15,7-17)8-18)11-3-5-12(16)6-4-11/h3-6,13H,1-2H3/t13-/m0/s1. The van der Waals surface area contributed by atoms with Crippen LogP contribution in [0.2, 0.25) is 0 Å². The maximum Gasteiger partial charge on any atom is 0.172 e. The number of nitriles is 2. The molecule has 5 heteroatoms. The maximum atomic E-state index is 13.0. The summed E-state index contributed by atoms with van der Waals surface area (Å²) in [6, 6.07) is 8.80. The van der Waals surface area contributed by atoms with Crippen molar-refractivity contribution < 1.29 is 14.0 Å². The molecule has 20 heavy (non-hydrogen) atoms. The van der Waals surface area contributed by atoms with Gasteiger partial charge in [0.1, 0.15) is 22.8 Å². The molecule has 1 aliphatic carbocycles. The Labute approximate surface area is 115 Å². The van der Waals surface area contributed by atoms with Crippen molar-refractivity contribution in [2.75, 3.05) is 0 Å². The predicted molar refractivity (Wildman–Crippen MR) is 66.6 cm³/mol. The summed E-state index contributed by atoms with van der Waals surface area (Å²) in [5.74, 6) is -2.34. The molecule has 1 fully saturated rings. The molecular formula is C15H11FN2O2. The molecule has 0 saturated heterocycles. The summed E-state index contributed by atoms with van der Waals surface area (Å²) in [6.45, 7) is 2.41. The van der Waals surface area contributed by atoms with Crippen LogP contribution in [0.1, 0.15) is 25.3 Å². The van der Waals surface area contributed by atoms with Crippen LogP contribution < -0.4 is 0 Å². The van der Waals surface area contributed by atoms with Crippen molar-refractivity contribution in [1.82, 2.24) is 0 Å². The van der Waals surface area contributed by atoms with E-state index in [1.54, 1.807) is 0 Å². The highest BCUT2D eigenvalue weighted by Gasteiger charge is 2.84. The van der Waals surface area contributed by atoms with Crippen LogP contribution in [-0.2, 0) is 9.59 Å². The van der Waals surface area contributed by atoms with Gasteiger partial charge in [0.2, 0.25) is 0 Å². The molecule has 0 heterocycles. The summed E-state index contributed by atoms with van der Waals surface area (Å²) < 4.78 is 13.0. The molecule has 0 bridgehead atoms. The van der Waals surface area contributed by atoms with Crippen LogP contribution in [0.3, 0.4) is 0 Å². The summed E-state index contributed by atoms with van der Waals surface area (Å²) in [6.07, 6.45) is 0. The number of carbonyl (C=O) groups is 2. The Kier molecular flexibility index (Phi) is 2.95. The molecule has 0 aliphatic heterocycles. The van der Waals surface area contributed by atoms with Gasteiger partial charge in [0.05, 0.1) is 12.1 Å². The largest absolute Gasteiger partial charge is 0.299 e. The number of hydrogen-bond donors (Lipinski definition) is 0. The topological polar surface area (TPSA) is 81.7 Å². The lowest BCUT2D eigenvalue weighted by molar-refractivity contribution is -0.133. The Hall–Kier alpha value is -2.53. The molecule has 1 atom stereocenters. The monoisotopic (exact) mass is 270 g/mol. The van der Waals surface area contributed by atoms with E-state index >= 15 is 0 Å². The highest BCUT2D eigenvalue weighted by Crippen LogP contribution is 2.74. The van der Waals surface area contributed by atoms with Crippen LogP contribution in [0, 0.1) is 39.3 Å². The number of nitrogens with zero attached hydrogens (tertiary/aromatic N) is 2. The van der Waals surface area contributed by atoms with Gasteiger partial charge in [-0.05, 0) is 31.5 Å². The first-order valence-electron chi connectivity index (χ1n) is 5.98. The first kappa shape index (κ1) is 13.9. The van der Waals surface area contributed by atoms with Crippen molar-refractivity contribution >= 4 is 11.6 Å². The predicted octanol–water partition coefficient (Wildman–Crippen LogP) is 2.12. The second kappa shape index (κ2) is 4.25.